The smallest absolute Gasteiger partial charge is 0.338 e. The number of sulfonamides is 1. The van der Waals surface area contributed by atoms with E-state index in [0.29, 0.717) is 38.3 Å². The van der Waals surface area contributed by atoms with Crippen LogP contribution in [0.25, 0.3) is 0 Å². The van der Waals surface area contributed by atoms with Crippen molar-refractivity contribution in [1.29, 1.82) is 0 Å². The lowest BCUT2D eigenvalue weighted by atomic mass is 10.1. The lowest BCUT2D eigenvalue weighted by molar-refractivity contribution is 0.0500. The van der Waals surface area contributed by atoms with Gasteiger partial charge in [-0.15, -0.1) is 0 Å². The van der Waals surface area contributed by atoms with Crippen LogP contribution in [0.3, 0.4) is 0 Å². The van der Waals surface area contributed by atoms with Crippen LogP contribution in [-0.2, 0) is 25.9 Å². The Morgan fingerprint density at radius 2 is 1.82 bits per heavy atom. The quantitative estimate of drug-likeness (QED) is 0.525. The summed E-state index contributed by atoms with van der Waals surface area (Å²) in [6.07, 6.45) is 1.53. The number of rotatable bonds is 7. The van der Waals surface area contributed by atoms with E-state index in [1.165, 1.54) is 15.9 Å². The topological polar surface area (TPSA) is 72.9 Å². The monoisotopic (exact) mass is 403 g/mol. The van der Waals surface area contributed by atoms with Crippen molar-refractivity contribution in [1.82, 2.24) is 4.31 Å². The largest absolute Gasteiger partial charge is 0.462 e. The number of ether oxygens (including phenoxy) is 2. The molecule has 0 aromatic heterocycles. The molecule has 0 radical (unpaired) electrons. The van der Waals surface area contributed by atoms with E-state index < -0.39 is 16.0 Å². The van der Waals surface area contributed by atoms with Crippen LogP contribution in [0.1, 0.15) is 27.9 Å². The van der Waals surface area contributed by atoms with Crippen LogP contribution in [-0.4, -0.2) is 51.6 Å². The number of benzene rings is 2. The fourth-order valence-electron chi connectivity index (χ4n) is 3.10. The maximum atomic E-state index is 12.9. The number of carbonyl (C=O) groups excluding carboxylic acids is 1. The highest BCUT2D eigenvalue weighted by atomic mass is 32.2. The molecular weight excluding hydrogens is 378 g/mol. The minimum absolute atomic E-state index is 0.146. The van der Waals surface area contributed by atoms with Crippen LogP contribution >= 0.6 is 0 Å². The molecule has 1 heterocycles. The van der Waals surface area contributed by atoms with Crippen LogP contribution in [0, 0.1) is 6.92 Å². The number of aryl methyl sites for hydroxylation is 2. The lowest BCUT2D eigenvalue weighted by Gasteiger charge is -2.26. The summed E-state index contributed by atoms with van der Waals surface area (Å²) in [5.74, 6) is -0.508. The molecule has 1 aliphatic rings. The molecule has 1 fully saturated rings. The van der Waals surface area contributed by atoms with Crippen LogP contribution in [0.15, 0.2) is 53.4 Å². The average Bonchev–Trinajstić information content (AvgIpc) is 2.72. The Kier molecular flexibility index (Phi) is 6.83. The molecule has 0 saturated carbocycles. The second-order valence-corrected chi connectivity index (χ2v) is 8.63. The van der Waals surface area contributed by atoms with Crippen molar-refractivity contribution in [2.75, 3.05) is 32.9 Å². The Morgan fingerprint density at radius 3 is 2.54 bits per heavy atom. The third-order valence-electron chi connectivity index (χ3n) is 4.70. The van der Waals surface area contributed by atoms with Gasteiger partial charge in [0.15, 0.2) is 0 Å². The molecular formula is C21H25NO5S. The van der Waals surface area contributed by atoms with Gasteiger partial charge in [-0.3, -0.25) is 0 Å². The predicted octanol–water partition coefficient (Wildman–Crippen LogP) is 2.81. The summed E-state index contributed by atoms with van der Waals surface area (Å²) in [5, 5.41) is 0. The Hall–Kier alpha value is -2.22. The molecule has 3 rings (SSSR count). The standard InChI is InChI=1S/C21H25NO5S/c1-17-9-10-19(16-20(17)28(24,25)22-11-14-26-15-12-22)21(23)27-13-5-8-18-6-3-2-4-7-18/h2-4,6-7,9-10,16H,5,8,11-15H2,1H3. The first-order valence-corrected chi connectivity index (χ1v) is 10.8. The van der Waals surface area contributed by atoms with Gasteiger partial charge in [0, 0.05) is 13.1 Å². The summed E-state index contributed by atoms with van der Waals surface area (Å²) >= 11 is 0. The third kappa shape index (κ3) is 4.98. The van der Waals surface area contributed by atoms with E-state index in [9.17, 15) is 13.2 Å². The highest BCUT2D eigenvalue weighted by Crippen LogP contribution is 2.22. The molecule has 1 aliphatic heterocycles. The highest BCUT2D eigenvalue weighted by molar-refractivity contribution is 7.89. The maximum absolute atomic E-state index is 12.9. The Balaban J connectivity index is 1.64. The molecule has 0 unspecified atom stereocenters. The van der Waals surface area contributed by atoms with Crippen molar-refractivity contribution < 1.29 is 22.7 Å². The van der Waals surface area contributed by atoms with E-state index in [-0.39, 0.29) is 17.1 Å². The number of nitrogens with zero attached hydrogens (tertiary/aromatic N) is 1. The van der Waals surface area contributed by atoms with Crippen LogP contribution in [0.5, 0.6) is 0 Å². The Morgan fingerprint density at radius 1 is 1.11 bits per heavy atom. The second-order valence-electron chi connectivity index (χ2n) is 6.72. The van der Waals surface area contributed by atoms with Gasteiger partial charge in [0.1, 0.15) is 0 Å². The molecule has 2 aromatic carbocycles. The van der Waals surface area contributed by atoms with Gasteiger partial charge in [-0.2, -0.15) is 4.31 Å². The first-order valence-electron chi connectivity index (χ1n) is 9.38. The molecule has 28 heavy (non-hydrogen) atoms. The summed E-state index contributed by atoms with van der Waals surface area (Å²) in [5.41, 5.74) is 2.04. The molecule has 2 aromatic rings. The van der Waals surface area contributed by atoms with Crippen molar-refractivity contribution in [3.05, 3.63) is 65.2 Å². The molecule has 7 heteroatoms. The fraction of sp³-hybridized carbons (Fsp3) is 0.381. The normalized spacial score (nSPS) is 15.3. The average molecular weight is 404 g/mol. The molecule has 0 N–H and O–H groups in total. The minimum Gasteiger partial charge on any atom is -0.462 e. The molecule has 1 saturated heterocycles. The number of hydrogen-bond donors (Lipinski definition) is 0. The molecule has 0 aliphatic carbocycles. The van der Waals surface area contributed by atoms with Crippen LogP contribution in [0.2, 0.25) is 0 Å². The van der Waals surface area contributed by atoms with E-state index in [4.69, 9.17) is 9.47 Å². The zero-order valence-electron chi connectivity index (χ0n) is 16.0. The van der Waals surface area contributed by atoms with E-state index in [0.717, 1.165) is 6.42 Å². The van der Waals surface area contributed by atoms with Crippen LogP contribution in [0.4, 0.5) is 0 Å². The molecule has 0 bridgehead atoms. The third-order valence-corrected chi connectivity index (χ3v) is 6.74. The van der Waals surface area contributed by atoms with Gasteiger partial charge < -0.3 is 9.47 Å². The molecule has 150 valence electrons. The fourth-order valence-corrected chi connectivity index (χ4v) is 4.76. The van der Waals surface area contributed by atoms with Crippen molar-refractivity contribution in [3.8, 4) is 0 Å². The van der Waals surface area contributed by atoms with Crippen molar-refractivity contribution >= 4 is 16.0 Å². The second kappa shape index (κ2) is 9.32. The number of morpholine rings is 1. The van der Waals surface area contributed by atoms with Gasteiger partial charge >= 0.3 is 5.97 Å². The summed E-state index contributed by atoms with van der Waals surface area (Å²) in [6.45, 7) is 3.39. The van der Waals surface area contributed by atoms with Gasteiger partial charge in [0.05, 0.1) is 30.3 Å². The summed E-state index contributed by atoms with van der Waals surface area (Å²) < 4.78 is 37.8. The number of carbonyl (C=O) groups is 1. The minimum atomic E-state index is -3.66. The van der Waals surface area contributed by atoms with E-state index in [2.05, 4.69) is 0 Å². The zero-order valence-corrected chi connectivity index (χ0v) is 16.8. The van der Waals surface area contributed by atoms with Gasteiger partial charge in [-0.1, -0.05) is 36.4 Å². The van der Waals surface area contributed by atoms with Gasteiger partial charge in [-0.25, -0.2) is 13.2 Å². The highest BCUT2D eigenvalue weighted by Gasteiger charge is 2.28. The lowest BCUT2D eigenvalue weighted by Crippen LogP contribution is -2.40. The van der Waals surface area contributed by atoms with E-state index >= 15 is 0 Å². The predicted molar refractivity (Wildman–Crippen MR) is 106 cm³/mol. The van der Waals surface area contributed by atoms with Gasteiger partial charge in [-0.05, 0) is 43.0 Å². The first-order chi connectivity index (χ1) is 13.5. The summed E-state index contributed by atoms with van der Waals surface area (Å²) in [4.78, 5) is 12.5. The van der Waals surface area contributed by atoms with Crippen molar-refractivity contribution in [3.63, 3.8) is 0 Å². The van der Waals surface area contributed by atoms with E-state index in [1.807, 2.05) is 30.3 Å². The number of esters is 1. The molecule has 0 amide bonds. The Labute approximate surface area is 166 Å². The number of hydrogen-bond acceptors (Lipinski definition) is 5. The van der Waals surface area contributed by atoms with Gasteiger partial charge in [0.2, 0.25) is 10.0 Å². The van der Waals surface area contributed by atoms with Gasteiger partial charge in [0.25, 0.3) is 0 Å². The van der Waals surface area contributed by atoms with Crippen molar-refractivity contribution in [2.45, 2.75) is 24.7 Å². The SMILES string of the molecule is Cc1ccc(C(=O)OCCCc2ccccc2)cc1S(=O)(=O)N1CCOCC1. The van der Waals surface area contributed by atoms with Crippen LogP contribution < -0.4 is 0 Å². The van der Waals surface area contributed by atoms with E-state index in [1.54, 1.807) is 19.1 Å². The molecule has 0 spiro atoms. The Bertz CT molecular complexity index is 906. The summed E-state index contributed by atoms with van der Waals surface area (Å²) in [6, 6.07) is 14.6. The summed E-state index contributed by atoms with van der Waals surface area (Å²) in [7, 11) is -3.66. The maximum Gasteiger partial charge on any atom is 0.338 e. The molecule has 0 atom stereocenters. The first kappa shape index (κ1) is 20.5. The molecule has 6 nitrogen and oxygen atoms in total. The zero-order chi connectivity index (χ0) is 20.0. The van der Waals surface area contributed by atoms with Crippen molar-refractivity contribution in [2.24, 2.45) is 0 Å².